The second kappa shape index (κ2) is 8.17. The first kappa shape index (κ1) is 18.1. The summed E-state index contributed by atoms with van der Waals surface area (Å²) in [5.41, 5.74) is 4.05. The first-order valence-electron chi connectivity index (χ1n) is 9.58. The van der Waals surface area contributed by atoms with Crippen LogP contribution in [-0.4, -0.2) is 30.2 Å². The number of aromatic nitrogens is 2. The standard InChI is InChI=1S/C22H25N5O/c1-16-14-21(24-17-8-10-19(11-9-17)27-12-3-4-13-27)26-22(23-16)25-18-6-5-7-20(15-18)28-2/h5-11,14-15H,3-4,12-13H2,1-2H3,(H2,23,24,25,26). The van der Waals surface area contributed by atoms with Gasteiger partial charge < -0.3 is 20.3 Å². The van der Waals surface area contributed by atoms with Crippen molar-refractivity contribution in [1.82, 2.24) is 9.97 Å². The van der Waals surface area contributed by atoms with Crippen molar-refractivity contribution in [2.45, 2.75) is 19.8 Å². The molecule has 0 amide bonds. The summed E-state index contributed by atoms with van der Waals surface area (Å²) >= 11 is 0. The smallest absolute Gasteiger partial charge is 0.229 e. The number of hydrogen-bond donors (Lipinski definition) is 2. The molecule has 0 aliphatic carbocycles. The number of aryl methyl sites for hydroxylation is 1. The number of benzene rings is 2. The van der Waals surface area contributed by atoms with Crippen LogP contribution in [0.1, 0.15) is 18.5 Å². The first-order chi connectivity index (χ1) is 13.7. The van der Waals surface area contributed by atoms with Crippen molar-refractivity contribution < 1.29 is 4.74 Å². The van der Waals surface area contributed by atoms with Gasteiger partial charge in [-0.1, -0.05) is 6.07 Å². The van der Waals surface area contributed by atoms with Crippen LogP contribution in [0.25, 0.3) is 0 Å². The Labute approximate surface area is 165 Å². The molecule has 0 unspecified atom stereocenters. The Balaban J connectivity index is 1.48. The lowest BCUT2D eigenvalue weighted by Gasteiger charge is -2.18. The quantitative estimate of drug-likeness (QED) is 0.640. The van der Waals surface area contributed by atoms with Gasteiger partial charge in [0.1, 0.15) is 11.6 Å². The largest absolute Gasteiger partial charge is 0.497 e. The van der Waals surface area contributed by atoms with Crippen LogP contribution in [0.4, 0.5) is 28.8 Å². The molecule has 4 rings (SSSR count). The molecule has 2 heterocycles. The Kier molecular flexibility index (Phi) is 5.28. The Bertz CT molecular complexity index is 936. The summed E-state index contributed by atoms with van der Waals surface area (Å²) in [6.45, 7) is 4.26. The van der Waals surface area contributed by atoms with Crippen molar-refractivity contribution in [2.24, 2.45) is 0 Å². The van der Waals surface area contributed by atoms with E-state index in [1.165, 1.54) is 18.5 Å². The van der Waals surface area contributed by atoms with Crippen LogP contribution >= 0.6 is 0 Å². The maximum atomic E-state index is 5.27. The first-order valence-corrected chi connectivity index (χ1v) is 9.58. The van der Waals surface area contributed by atoms with Crippen LogP contribution < -0.4 is 20.3 Å². The van der Waals surface area contributed by atoms with E-state index in [2.05, 4.69) is 49.8 Å². The highest BCUT2D eigenvalue weighted by Gasteiger charge is 2.12. The minimum Gasteiger partial charge on any atom is -0.497 e. The van der Waals surface area contributed by atoms with Crippen LogP contribution in [0.3, 0.4) is 0 Å². The summed E-state index contributed by atoms with van der Waals surface area (Å²) in [6.07, 6.45) is 2.56. The van der Waals surface area contributed by atoms with Gasteiger partial charge in [0.25, 0.3) is 0 Å². The number of ether oxygens (including phenoxy) is 1. The summed E-state index contributed by atoms with van der Waals surface area (Å²) in [7, 11) is 1.65. The fourth-order valence-corrected chi connectivity index (χ4v) is 3.40. The number of nitrogens with zero attached hydrogens (tertiary/aromatic N) is 3. The van der Waals surface area contributed by atoms with E-state index in [0.29, 0.717) is 5.95 Å². The SMILES string of the molecule is COc1cccc(Nc2nc(C)cc(Nc3ccc(N4CCCC4)cc3)n2)c1. The van der Waals surface area contributed by atoms with E-state index in [1.54, 1.807) is 7.11 Å². The van der Waals surface area contributed by atoms with Gasteiger partial charge in [-0.3, -0.25) is 0 Å². The number of anilines is 5. The molecule has 2 N–H and O–H groups in total. The maximum absolute atomic E-state index is 5.27. The molecule has 144 valence electrons. The lowest BCUT2D eigenvalue weighted by Crippen LogP contribution is -2.17. The van der Waals surface area contributed by atoms with Gasteiger partial charge in [0, 0.05) is 48.0 Å². The van der Waals surface area contributed by atoms with E-state index in [1.807, 2.05) is 37.3 Å². The van der Waals surface area contributed by atoms with Crippen LogP contribution in [0.2, 0.25) is 0 Å². The van der Waals surface area contributed by atoms with Crippen molar-refractivity contribution in [1.29, 1.82) is 0 Å². The topological polar surface area (TPSA) is 62.3 Å². The van der Waals surface area contributed by atoms with Crippen molar-refractivity contribution >= 4 is 28.8 Å². The summed E-state index contributed by atoms with van der Waals surface area (Å²) < 4.78 is 5.27. The predicted octanol–water partition coefficient (Wildman–Crippen LogP) is 4.88. The molecule has 0 bridgehead atoms. The third kappa shape index (κ3) is 4.34. The summed E-state index contributed by atoms with van der Waals surface area (Å²) in [5.74, 6) is 2.09. The molecule has 3 aromatic rings. The molecule has 1 aliphatic rings. The van der Waals surface area contributed by atoms with Gasteiger partial charge in [-0.25, -0.2) is 4.98 Å². The van der Waals surface area contributed by atoms with Crippen LogP contribution in [0.15, 0.2) is 54.6 Å². The molecular formula is C22H25N5O. The monoisotopic (exact) mass is 375 g/mol. The van der Waals surface area contributed by atoms with Gasteiger partial charge in [0.15, 0.2) is 0 Å². The van der Waals surface area contributed by atoms with E-state index < -0.39 is 0 Å². The van der Waals surface area contributed by atoms with E-state index in [-0.39, 0.29) is 0 Å². The third-order valence-electron chi connectivity index (χ3n) is 4.79. The van der Waals surface area contributed by atoms with Crippen molar-refractivity contribution in [3.63, 3.8) is 0 Å². The van der Waals surface area contributed by atoms with Gasteiger partial charge in [0.05, 0.1) is 7.11 Å². The number of methoxy groups -OCH3 is 1. The van der Waals surface area contributed by atoms with Crippen LogP contribution in [0.5, 0.6) is 5.75 Å². The van der Waals surface area contributed by atoms with E-state index in [4.69, 9.17) is 4.74 Å². The van der Waals surface area contributed by atoms with Crippen molar-refractivity contribution in [2.75, 3.05) is 35.7 Å². The molecule has 28 heavy (non-hydrogen) atoms. The summed E-state index contributed by atoms with van der Waals surface area (Å²) in [6, 6.07) is 18.2. The lowest BCUT2D eigenvalue weighted by molar-refractivity contribution is 0.415. The zero-order chi connectivity index (χ0) is 19.3. The Morgan fingerprint density at radius 3 is 2.43 bits per heavy atom. The fourth-order valence-electron chi connectivity index (χ4n) is 3.40. The summed E-state index contributed by atoms with van der Waals surface area (Å²) in [5, 5.41) is 6.62. The second-order valence-corrected chi connectivity index (χ2v) is 6.94. The van der Waals surface area contributed by atoms with Gasteiger partial charge >= 0.3 is 0 Å². The van der Waals surface area contributed by atoms with Gasteiger partial charge in [0.2, 0.25) is 5.95 Å². The fraction of sp³-hybridized carbons (Fsp3) is 0.273. The molecule has 6 heteroatoms. The van der Waals surface area contributed by atoms with Crippen molar-refractivity contribution in [3.05, 3.63) is 60.3 Å². The molecule has 0 spiro atoms. The molecule has 1 aliphatic heterocycles. The molecular weight excluding hydrogens is 350 g/mol. The van der Waals surface area contributed by atoms with Crippen molar-refractivity contribution in [3.8, 4) is 5.75 Å². The van der Waals surface area contributed by atoms with Gasteiger partial charge in [-0.2, -0.15) is 4.98 Å². The van der Waals surface area contributed by atoms with Crippen LogP contribution in [0, 0.1) is 6.92 Å². The molecule has 1 saturated heterocycles. The zero-order valence-corrected chi connectivity index (χ0v) is 16.3. The highest BCUT2D eigenvalue weighted by molar-refractivity contribution is 5.63. The highest BCUT2D eigenvalue weighted by atomic mass is 16.5. The normalized spacial score (nSPS) is 13.4. The molecule has 6 nitrogen and oxygen atoms in total. The van der Waals surface area contributed by atoms with E-state index in [0.717, 1.165) is 41.7 Å². The lowest BCUT2D eigenvalue weighted by atomic mass is 10.2. The molecule has 0 radical (unpaired) electrons. The molecule has 1 fully saturated rings. The molecule has 2 aromatic carbocycles. The average Bonchev–Trinajstić information content (AvgIpc) is 3.23. The Morgan fingerprint density at radius 1 is 0.893 bits per heavy atom. The molecule has 0 saturated carbocycles. The predicted molar refractivity (Wildman–Crippen MR) is 114 cm³/mol. The van der Waals surface area contributed by atoms with E-state index >= 15 is 0 Å². The van der Waals surface area contributed by atoms with E-state index in [9.17, 15) is 0 Å². The average molecular weight is 375 g/mol. The number of hydrogen-bond acceptors (Lipinski definition) is 6. The highest BCUT2D eigenvalue weighted by Crippen LogP contribution is 2.25. The zero-order valence-electron chi connectivity index (χ0n) is 16.3. The molecule has 0 atom stereocenters. The summed E-state index contributed by atoms with van der Waals surface area (Å²) in [4.78, 5) is 11.5. The Hall–Kier alpha value is -3.28. The third-order valence-corrected chi connectivity index (χ3v) is 4.79. The minimum atomic E-state index is 0.546. The van der Waals surface area contributed by atoms with Gasteiger partial charge in [-0.05, 0) is 56.2 Å². The number of rotatable bonds is 6. The maximum Gasteiger partial charge on any atom is 0.229 e. The van der Waals surface area contributed by atoms with Gasteiger partial charge in [-0.15, -0.1) is 0 Å². The molecule has 1 aromatic heterocycles. The minimum absolute atomic E-state index is 0.546. The Morgan fingerprint density at radius 2 is 1.68 bits per heavy atom. The second-order valence-electron chi connectivity index (χ2n) is 6.94. The van der Waals surface area contributed by atoms with Crippen LogP contribution in [-0.2, 0) is 0 Å². The number of nitrogens with one attached hydrogen (secondary N) is 2.